The van der Waals surface area contributed by atoms with E-state index in [1.54, 1.807) is 0 Å². The molecule has 2 atom stereocenters. The molecular formula is C31H34N2. The van der Waals surface area contributed by atoms with Crippen molar-refractivity contribution in [3.8, 4) is 0 Å². The molecule has 168 valence electrons. The lowest BCUT2D eigenvalue weighted by Gasteiger charge is -2.20. The Hall–Kier alpha value is -3.52. The van der Waals surface area contributed by atoms with Crippen LogP contribution in [0.3, 0.4) is 0 Å². The molecule has 0 amide bonds. The standard InChI is InChI=1S/C31H34N2/c1-4-31(27-9-5-23(6-10-27)21(2)25-13-17-29(32)18-14-25)28-11-7-24(8-12-28)22(3)26-15-19-30(33)20-16-26/h5-22,31H,4,32-33H2,1-3H3. The first-order valence-electron chi connectivity index (χ1n) is 11.9. The molecular weight excluding hydrogens is 400 g/mol. The number of benzene rings is 4. The van der Waals surface area contributed by atoms with Gasteiger partial charge in [-0.3, -0.25) is 0 Å². The van der Waals surface area contributed by atoms with E-state index in [-0.39, 0.29) is 0 Å². The minimum atomic E-state index is 0.342. The summed E-state index contributed by atoms with van der Waals surface area (Å²) in [7, 11) is 0. The van der Waals surface area contributed by atoms with Crippen LogP contribution in [0.15, 0.2) is 97.1 Å². The van der Waals surface area contributed by atoms with Crippen LogP contribution in [0.5, 0.6) is 0 Å². The van der Waals surface area contributed by atoms with Crippen molar-refractivity contribution in [1.29, 1.82) is 0 Å². The smallest absolute Gasteiger partial charge is 0.0314 e. The Morgan fingerprint density at radius 3 is 0.970 bits per heavy atom. The zero-order valence-electron chi connectivity index (χ0n) is 19.8. The molecule has 4 N–H and O–H groups in total. The molecule has 2 unspecified atom stereocenters. The average Bonchev–Trinajstić information content (AvgIpc) is 2.85. The van der Waals surface area contributed by atoms with Crippen LogP contribution in [0.4, 0.5) is 11.4 Å². The van der Waals surface area contributed by atoms with E-state index in [0.717, 1.165) is 17.8 Å². The van der Waals surface area contributed by atoms with Gasteiger partial charge in [-0.2, -0.15) is 0 Å². The first kappa shape index (κ1) is 22.7. The molecule has 0 saturated carbocycles. The van der Waals surface area contributed by atoms with Crippen LogP contribution in [-0.2, 0) is 0 Å². The second-order valence-corrected chi connectivity index (χ2v) is 9.07. The first-order valence-corrected chi connectivity index (χ1v) is 11.9. The van der Waals surface area contributed by atoms with Crippen LogP contribution in [0, 0.1) is 0 Å². The van der Waals surface area contributed by atoms with E-state index in [1.807, 2.05) is 24.3 Å². The number of hydrogen-bond acceptors (Lipinski definition) is 2. The van der Waals surface area contributed by atoms with Crippen molar-refractivity contribution in [3.05, 3.63) is 130 Å². The van der Waals surface area contributed by atoms with E-state index < -0.39 is 0 Å². The van der Waals surface area contributed by atoms with E-state index in [1.165, 1.54) is 33.4 Å². The predicted molar refractivity (Wildman–Crippen MR) is 142 cm³/mol. The topological polar surface area (TPSA) is 52.0 Å². The molecule has 4 aromatic rings. The Bertz CT molecular complexity index is 1060. The summed E-state index contributed by atoms with van der Waals surface area (Å²) in [5, 5.41) is 0. The molecule has 0 saturated heterocycles. The zero-order valence-corrected chi connectivity index (χ0v) is 19.8. The van der Waals surface area contributed by atoms with Gasteiger partial charge < -0.3 is 11.5 Å². The van der Waals surface area contributed by atoms with Gasteiger partial charge in [0.2, 0.25) is 0 Å². The number of anilines is 2. The minimum Gasteiger partial charge on any atom is -0.399 e. The van der Waals surface area contributed by atoms with Gasteiger partial charge in [0.25, 0.3) is 0 Å². The van der Waals surface area contributed by atoms with E-state index in [0.29, 0.717) is 17.8 Å². The average molecular weight is 435 g/mol. The summed E-state index contributed by atoms with van der Waals surface area (Å²) in [6.07, 6.45) is 1.07. The van der Waals surface area contributed by atoms with Gasteiger partial charge in [-0.15, -0.1) is 0 Å². The summed E-state index contributed by atoms with van der Waals surface area (Å²) >= 11 is 0. The second-order valence-electron chi connectivity index (χ2n) is 9.07. The molecule has 4 aromatic carbocycles. The Labute approximate surface area is 198 Å². The highest BCUT2D eigenvalue weighted by atomic mass is 14.5. The van der Waals surface area contributed by atoms with Crippen molar-refractivity contribution < 1.29 is 0 Å². The van der Waals surface area contributed by atoms with Crippen molar-refractivity contribution in [2.75, 3.05) is 11.5 Å². The van der Waals surface area contributed by atoms with Gasteiger partial charge in [-0.1, -0.05) is 93.6 Å². The van der Waals surface area contributed by atoms with Gasteiger partial charge >= 0.3 is 0 Å². The Morgan fingerprint density at radius 1 is 0.455 bits per heavy atom. The van der Waals surface area contributed by atoms with Crippen molar-refractivity contribution in [1.82, 2.24) is 0 Å². The summed E-state index contributed by atoms with van der Waals surface area (Å²) in [5.41, 5.74) is 21.3. The SMILES string of the molecule is CCC(c1ccc(C(C)c2ccc(N)cc2)cc1)c1ccc(C(C)c2ccc(N)cc2)cc1. The fourth-order valence-corrected chi connectivity index (χ4v) is 4.65. The normalized spacial score (nSPS) is 13.9. The fourth-order valence-electron chi connectivity index (χ4n) is 4.65. The molecule has 4 rings (SSSR count). The Morgan fingerprint density at radius 2 is 0.697 bits per heavy atom. The van der Waals surface area contributed by atoms with Crippen molar-refractivity contribution in [2.24, 2.45) is 0 Å². The molecule has 2 heteroatoms. The third-order valence-electron chi connectivity index (χ3n) is 6.96. The summed E-state index contributed by atoms with van der Waals surface area (Å²) in [5.74, 6) is 1.08. The monoisotopic (exact) mass is 434 g/mol. The molecule has 2 nitrogen and oxygen atoms in total. The van der Waals surface area contributed by atoms with Gasteiger partial charge in [0.05, 0.1) is 0 Å². The maximum Gasteiger partial charge on any atom is 0.0314 e. The van der Waals surface area contributed by atoms with E-state index >= 15 is 0 Å². The molecule has 0 aromatic heterocycles. The van der Waals surface area contributed by atoms with Crippen LogP contribution >= 0.6 is 0 Å². The van der Waals surface area contributed by atoms with Crippen molar-refractivity contribution in [2.45, 2.75) is 44.9 Å². The summed E-state index contributed by atoms with van der Waals surface area (Å²) in [6.45, 7) is 6.76. The van der Waals surface area contributed by atoms with E-state index in [9.17, 15) is 0 Å². The number of nitrogen functional groups attached to an aromatic ring is 2. The molecule has 0 bridgehead atoms. The van der Waals surface area contributed by atoms with Gasteiger partial charge in [0, 0.05) is 29.1 Å². The van der Waals surface area contributed by atoms with Gasteiger partial charge in [0.1, 0.15) is 0 Å². The molecule has 0 radical (unpaired) electrons. The quantitative estimate of drug-likeness (QED) is 0.293. The maximum atomic E-state index is 5.85. The van der Waals surface area contributed by atoms with Gasteiger partial charge in [-0.25, -0.2) is 0 Å². The molecule has 0 aliphatic rings. The van der Waals surface area contributed by atoms with E-state index in [2.05, 4.69) is 93.6 Å². The first-order chi connectivity index (χ1) is 16.0. The molecule has 33 heavy (non-hydrogen) atoms. The second kappa shape index (κ2) is 9.95. The van der Waals surface area contributed by atoms with Gasteiger partial charge in [0.15, 0.2) is 0 Å². The lowest BCUT2D eigenvalue weighted by molar-refractivity contribution is 0.773. The molecule has 0 fully saturated rings. The molecule has 0 aliphatic carbocycles. The van der Waals surface area contributed by atoms with Crippen LogP contribution in [0.25, 0.3) is 0 Å². The van der Waals surface area contributed by atoms with E-state index in [4.69, 9.17) is 11.5 Å². The Balaban J connectivity index is 1.51. The fraction of sp³-hybridized carbons (Fsp3) is 0.226. The van der Waals surface area contributed by atoms with Gasteiger partial charge in [-0.05, 0) is 64.1 Å². The highest BCUT2D eigenvalue weighted by molar-refractivity contribution is 5.45. The Kier molecular flexibility index (Phi) is 6.84. The van der Waals surface area contributed by atoms with Crippen LogP contribution in [-0.4, -0.2) is 0 Å². The lowest BCUT2D eigenvalue weighted by atomic mass is 9.85. The third kappa shape index (κ3) is 5.12. The van der Waals surface area contributed by atoms with Crippen LogP contribution in [0.1, 0.15) is 78.3 Å². The van der Waals surface area contributed by atoms with Crippen molar-refractivity contribution >= 4 is 11.4 Å². The zero-order chi connectivity index (χ0) is 23.4. The summed E-state index contributed by atoms with van der Waals surface area (Å²) in [4.78, 5) is 0. The minimum absolute atomic E-state index is 0.342. The highest BCUT2D eigenvalue weighted by Crippen LogP contribution is 2.32. The van der Waals surface area contributed by atoms with Crippen LogP contribution in [0.2, 0.25) is 0 Å². The number of hydrogen-bond donors (Lipinski definition) is 2. The summed E-state index contributed by atoms with van der Waals surface area (Å²) < 4.78 is 0. The molecule has 0 heterocycles. The number of nitrogens with two attached hydrogens (primary N) is 2. The molecule has 0 aliphatic heterocycles. The largest absolute Gasteiger partial charge is 0.399 e. The predicted octanol–water partition coefficient (Wildman–Crippen LogP) is 7.70. The maximum absolute atomic E-state index is 5.85. The lowest BCUT2D eigenvalue weighted by Crippen LogP contribution is -2.03. The summed E-state index contributed by atoms with van der Waals surface area (Å²) in [6, 6.07) is 34.7. The van der Waals surface area contributed by atoms with Crippen LogP contribution < -0.4 is 11.5 Å². The number of rotatable bonds is 7. The van der Waals surface area contributed by atoms with Crippen molar-refractivity contribution in [3.63, 3.8) is 0 Å². The molecule has 0 spiro atoms. The third-order valence-corrected chi connectivity index (χ3v) is 6.96. The highest BCUT2D eigenvalue weighted by Gasteiger charge is 2.15.